The second-order valence-corrected chi connectivity index (χ2v) is 18.1. The van der Waals surface area contributed by atoms with E-state index in [1.807, 2.05) is 0 Å². The van der Waals surface area contributed by atoms with Crippen LogP contribution in [0.3, 0.4) is 0 Å². The summed E-state index contributed by atoms with van der Waals surface area (Å²) >= 11 is 0. The van der Waals surface area contributed by atoms with E-state index in [9.17, 15) is 14.4 Å². The van der Waals surface area contributed by atoms with Crippen molar-refractivity contribution in [3.63, 3.8) is 0 Å². The van der Waals surface area contributed by atoms with Gasteiger partial charge in [-0.3, -0.25) is 14.4 Å². The van der Waals surface area contributed by atoms with Crippen LogP contribution in [-0.4, -0.2) is 37.2 Å². The van der Waals surface area contributed by atoms with E-state index in [4.69, 9.17) is 14.2 Å². The second-order valence-electron chi connectivity index (χ2n) is 18.1. The Morgan fingerprint density at radius 2 is 0.541 bits per heavy atom. The molecule has 61 heavy (non-hydrogen) atoms. The highest BCUT2D eigenvalue weighted by atomic mass is 16.6. The second kappa shape index (κ2) is 50.5. The molecular weight excluding hydrogens is 757 g/mol. The fourth-order valence-electron chi connectivity index (χ4n) is 7.84. The summed E-state index contributed by atoms with van der Waals surface area (Å²) in [6.07, 6.45) is 57.4. The molecule has 1 atom stereocenters. The van der Waals surface area contributed by atoms with Crippen molar-refractivity contribution in [3.05, 3.63) is 24.3 Å². The highest BCUT2D eigenvalue weighted by molar-refractivity contribution is 5.71. The van der Waals surface area contributed by atoms with Crippen molar-refractivity contribution in [1.29, 1.82) is 0 Å². The molecule has 0 saturated carbocycles. The van der Waals surface area contributed by atoms with E-state index in [0.717, 1.165) is 57.8 Å². The first-order valence-corrected chi connectivity index (χ1v) is 26.8. The monoisotopic (exact) mass is 859 g/mol. The number of carbonyl (C=O) groups excluding carboxylic acids is 3. The SMILES string of the molecule is CCCCCCCC/C=C\CCCCCCCCCC(=O)OC(COC(=O)CCCCCCCCCC)COC(=O)CCCCCCCCC/C=C\CCCCCCCCC. The molecule has 0 fully saturated rings. The van der Waals surface area contributed by atoms with Crippen molar-refractivity contribution in [3.8, 4) is 0 Å². The topological polar surface area (TPSA) is 78.9 Å². The molecule has 0 aromatic heterocycles. The smallest absolute Gasteiger partial charge is 0.306 e. The first-order valence-electron chi connectivity index (χ1n) is 26.8. The van der Waals surface area contributed by atoms with Crippen molar-refractivity contribution < 1.29 is 28.6 Å². The van der Waals surface area contributed by atoms with Gasteiger partial charge < -0.3 is 14.2 Å². The zero-order valence-electron chi connectivity index (χ0n) is 40.9. The van der Waals surface area contributed by atoms with Crippen LogP contribution in [0, 0.1) is 0 Å². The van der Waals surface area contributed by atoms with E-state index in [1.165, 1.54) is 193 Å². The van der Waals surface area contributed by atoms with Crippen molar-refractivity contribution >= 4 is 17.9 Å². The number of allylic oxidation sites excluding steroid dienone is 4. The molecule has 1 unspecified atom stereocenters. The molecular formula is C55H102O6. The maximum Gasteiger partial charge on any atom is 0.306 e. The van der Waals surface area contributed by atoms with Crippen molar-refractivity contribution in [2.75, 3.05) is 13.2 Å². The fraction of sp³-hybridized carbons (Fsp3) is 0.873. The molecule has 0 aliphatic rings. The Hall–Kier alpha value is -2.11. The normalized spacial score (nSPS) is 12.1. The molecule has 6 nitrogen and oxygen atoms in total. The van der Waals surface area contributed by atoms with Gasteiger partial charge in [-0.1, -0.05) is 225 Å². The largest absolute Gasteiger partial charge is 0.462 e. The van der Waals surface area contributed by atoms with Crippen molar-refractivity contribution in [1.82, 2.24) is 0 Å². The molecule has 0 aromatic carbocycles. The van der Waals surface area contributed by atoms with Crippen molar-refractivity contribution in [2.24, 2.45) is 0 Å². The summed E-state index contributed by atoms with van der Waals surface area (Å²) in [5.41, 5.74) is 0. The Labute approximate surface area is 379 Å². The number of esters is 3. The van der Waals surface area contributed by atoms with E-state index in [0.29, 0.717) is 19.3 Å². The Morgan fingerprint density at radius 3 is 0.820 bits per heavy atom. The number of ether oxygens (including phenoxy) is 3. The Kier molecular flexibility index (Phi) is 48.8. The summed E-state index contributed by atoms with van der Waals surface area (Å²) in [6, 6.07) is 0. The summed E-state index contributed by atoms with van der Waals surface area (Å²) in [5.74, 6) is -0.871. The first kappa shape index (κ1) is 58.9. The van der Waals surface area contributed by atoms with Gasteiger partial charge in [0.05, 0.1) is 0 Å². The average molecular weight is 859 g/mol. The summed E-state index contributed by atoms with van der Waals surface area (Å²) in [7, 11) is 0. The lowest BCUT2D eigenvalue weighted by atomic mass is 10.1. The zero-order chi connectivity index (χ0) is 44.4. The van der Waals surface area contributed by atoms with E-state index in [-0.39, 0.29) is 31.1 Å². The zero-order valence-corrected chi connectivity index (χ0v) is 40.9. The molecule has 0 spiro atoms. The maximum atomic E-state index is 12.8. The third kappa shape index (κ3) is 48.8. The van der Waals surface area contributed by atoms with Gasteiger partial charge in [-0.15, -0.1) is 0 Å². The van der Waals surface area contributed by atoms with Crippen LogP contribution in [0.2, 0.25) is 0 Å². The first-order chi connectivity index (χ1) is 30.0. The minimum absolute atomic E-state index is 0.0713. The molecule has 0 radical (unpaired) electrons. The van der Waals surface area contributed by atoms with Gasteiger partial charge in [0.2, 0.25) is 0 Å². The molecule has 6 heteroatoms. The summed E-state index contributed by atoms with van der Waals surface area (Å²) in [4.78, 5) is 37.9. The molecule has 0 aliphatic heterocycles. The van der Waals surface area contributed by atoms with E-state index in [1.54, 1.807) is 0 Å². The van der Waals surface area contributed by atoms with Gasteiger partial charge in [-0.25, -0.2) is 0 Å². The van der Waals surface area contributed by atoms with Crippen LogP contribution in [0.25, 0.3) is 0 Å². The summed E-state index contributed by atoms with van der Waals surface area (Å²) in [6.45, 7) is 6.63. The minimum atomic E-state index is -0.769. The Bertz CT molecular complexity index is 989. The average Bonchev–Trinajstić information content (AvgIpc) is 3.26. The molecule has 0 saturated heterocycles. The van der Waals surface area contributed by atoms with Gasteiger partial charge in [0.25, 0.3) is 0 Å². The van der Waals surface area contributed by atoms with Gasteiger partial charge in [0, 0.05) is 19.3 Å². The molecule has 0 aromatic rings. The van der Waals surface area contributed by atoms with Gasteiger partial charge >= 0.3 is 17.9 Å². The van der Waals surface area contributed by atoms with Crippen LogP contribution in [0.1, 0.15) is 290 Å². The Balaban J connectivity index is 4.25. The van der Waals surface area contributed by atoms with E-state index in [2.05, 4.69) is 45.1 Å². The van der Waals surface area contributed by atoms with Gasteiger partial charge in [0.1, 0.15) is 13.2 Å². The lowest BCUT2D eigenvalue weighted by molar-refractivity contribution is -0.167. The number of hydrogen-bond acceptors (Lipinski definition) is 6. The van der Waals surface area contributed by atoms with Crippen LogP contribution in [0.5, 0.6) is 0 Å². The highest BCUT2D eigenvalue weighted by Gasteiger charge is 2.19. The molecule has 0 heterocycles. The van der Waals surface area contributed by atoms with Crippen LogP contribution in [0.4, 0.5) is 0 Å². The van der Waals surface area contributed by atoms with Crippen LogP contribution in [0.15, 0.2) is 24.3 Å². The lowest BCUT2D eigenvalue weighted by Gasteiger charge is -2.18. The maximum absolute atomic E-state index is 12.8. The van der Waals surface area contributed by atoms with Crippen molar-refractivity contribution in [2.45, 2.75) is 297 Å². The predicted molar refractivity (Wildman–Crippen MR) is 261 cm³/mol. The van der Waals surface area contributed by atoms with E-state index < -0.39 is 6.10 Å². The standard InChI is InChI=1S/C55H102O6/c1-4-7-10-13-16-19-21-23-25-27-29-30-32-34-36-39-42-45-48-54(57)60-51-52(50-59-53(56)47-44-41-38-18-15-12-9-6-3)61-55(58)49-46-43-40-37-35-33-31-28-26-24-22-20-17-14-11-8-5-2/h24-27,52H,4-23,28-51H2,1-3H3/b26-24-,27-25-. The third-order valence-corrected chi connectivity index (χ3v) is 11.9. The molecule has 0 amide bonds. The number of unbranched alkanes of at least 4 members (excludes halogenated alkanes) is 34. The summed E-state index contributed by atoms with van der Waals surface area (Å²) < 4.78 is 16.8. The minimum Gasteiger partial charge on any atom is -0.462 e. The molecule has 0 bridgehead atoms. The van der Waals surface area contributed by atoms with Gasteiger partial charge in [-0.05, 0) is 70.6 Å². The predicted octanol–water partition coefficient (Wildman–Crippen LogP) is 17.5. The third-order valence-electron chi connectivity index (χ3n) is 11.9. The quantitative estimate of drug-likeness (QED) is 0.0262. The van der Waals surface area contributed by atoms with Crippen LogP contribution < -0.4 is 0 Å². The van der Waals surface area contributed by atoms with Crippen LogP contribution in [-0.2, 0) is 28.6 Å². The number of hydrogen-bond donors (Lipinski definition) is 0. The highest BCUT2D eigenvalue weighted by Crippen LogP contribution is 2.15. The van der Waals surface area contributed by atoms with Gasteiger partial charge in [-0.2, -0.15) is 0 Å². The molecule has 358 valence electrons. The number of carbonyl (C=O) groups is 3. The fourth-order valence-corrected chi connectivity index (χ4v) is 7.84. The Morgan fingerprint density at radius 1 is 0.311 bits per heavy atom. The molecule has 0 aliphatic carbocycles. The lowest BCUT2D eigenvalue weighted by Crippen LogP contribution is -2.30. The van der Waals surface area contributed by atoms with Gasteiger partial charge in [0.15, 0.2) is 6.10 Å². The molecule has 0 N–H and O–H groups in total. The number of rotatable bonds is 49. The van der Waals surface area contributed by atoms with Crippen LogP contribution >= 0.6 is 0 Å². The summed E-state index contributed by atoms with van der Waals surface area (Å²) in [5, 5.41) is 0. The van der Waals surface area contributed by atoms with E-state index >= 15 is 0 Å². The molecule has 0 rings (SSSR count).